The molecule has 132 valence electrons. The molecule has 0 N–H and O–H groups in total. The standard InChI is InChI=1S/C20H30N2O2/c1-15-9-10-19-17(11-15)12-22(18(14-24-19)13-21(2)3)20(23)16-7-5-4-6-8-16/h9-11,16,18H,4-8,12-14H2,1-3H3/t18-/m0/s1. The zero-order valence-corrected chi connectivity index (χ0v) is 15.3. The summed E-state index contributed by atoms with van der Waals surface area (Å²) in [4.78, 5) is 17.5. The van der Waals surface area contributed by atoms with Crippen molar-refractivity contribution >= 4 is 5.91 Å². The van der Waals surface area contributed by atoms with E-state index >= 15 is 0 Å². The molecule has 0 unspecified atom stereocenters. The summed E-state index contributed by atoms with van der Waals surface area (Å²) in [5.74, 6) is 1.47. The molecule has 1 aromatic rings. The average Bonchev–Trinajstić information content (AvgIpc) is 2.74. The van der Waals surface area contributed by atoms with E-state index in [0.29, 0.717) is 19.1 Å². The smallest absolute Gasteiger partial charge is 0.226 e. The minimum absolute atomic E-state index is 0.113. The Morgan fingerprint density at radius 2 is 2.00 bits per heavy atom. The number of rotatable bonds is 3. The van der Waals surface area contributed by atoms with Crippen molar-refractivity contribution in [3.63, 3.8) is 0 Å². The van der Waals surface area contributed by atoms with Crippen LogP contribution in [0.1, 0.15) is 43.2 Å². The van der Waals surface area contributed by atoms with Crippen LogP contribution >= 0.6 is 0 Å². The van der Waals surface area contributed by atoms with Crippen LogP contribution < -0.4 is 4.74 Å². The Morgan fingerprint density at radius 3 is 2.71 bits per heavy atom. The van der Waals surface area contributed by atoms with E-state index in [1.807, 2.05) is 6.07 Å². The molecule has 1 aliphatic heterocycles. The van der Waals surface area contributed by atoms with Crippen LogP contribution in [-0.4, -0.2) is 49.0 Å². The van der Waals surface area contributed by atoms with Gasteiger partial charge < -0.3 is 14.5 Å². The highest BCUT2D eigenvalue weighted by molar-refractivity contribution is 5.79. The first-order chi connectivity index (χ1) is 11.5. The van der Waals surface area contributed by atoms with E-state index in [9.17, 15) is 4.79 Å². The molecule has 1 heterocycles. The summed E-state index contributed by atoms with van der Waals surface area (Å²) >= 11 is 0. The van der Waals surface area contributed by atoms with E-state index in [2.05, 4.69) is 43.0 Å². The number of likely N-dealkylation sites (N-methyl/N-ethyl adjacent to an activating group) is 1. The van der Waals surface area contributed by atoms with Crippen molar-refractivity contribution in [2.75, 3.05) is 27.2 Å². The van der Waals surface area contributed by atoms with E-state index in [0.717, 1.165) is 30.7 Å². The largest absolute Gasteiger partial charge is 0.491 e. The number of aryl methyl sites for hydroxylation is 1. The molecule has 0 spiro atoms. The molecule has 1 amide bonds. The monoisotopic (exact) mass is 330 g/mol. The molecule has 1 saturated carbocycles. The first kappa shape index (κ1) is 17.3. The van der Waals surface area contributed by atoms with Gasteiger partial charge in [-0.2, -0.15) is 0 Å². The average molecular weight is 330 g/mol. The van der Waals surface area contributed by atoms with E-state index in [-0.39, 0.29) is 12.0 Å². The van der Waals surface area contributed by atoms with Crippen LogP contribution in [-0.2, 0) is 11.3 Å². The molecule has 1 aliphatic carbocycles. The van der Waals surface area contributed by atoms with Gasteiger partial charge in [0.1, 0.15) is 12.4 Å². The molecule has 0 aromatic heterocycles. The molecule has 2 aliphatic rings. The van der Waals surface area contributed by atoms with Gasteiger partial charge >= 0.3 is 0 Å². The first-order valence-electron chi connectivity index (χ1n) is 9.22. The van der Waals surface area contributed by atoms with Gasteiger partial charge in [-0.05, 0) is 39.9 Å². The van der Waals surface area contributed by atoms with Crippen molar-refractivity contribution < 1.29 is 9.53 Å². The van der Waals surface area contributed by atoms with Crippen LogP contribution in [0.4, 0.5) is 0 Å². The zero-order chi connectivity index (χ0) is 17.1. The maximum Gasteiger partial charge on any atom is 0.226 e. The molecule has 4 nitrogen and oxygen atoms in total. The summed E-state index contributed by atoms with van der Waals surface area (Å²) in [6, 6.07) is 6.40. The number of hydrogen-bond donors (Lipinski definition) is 0. The van der Waals surface area contributed by atoms with E-state index < -0.39 is 0 Å². The molecule has 0 radical (unpaired) electrons. The quantitative estimate of drug-likeness (QED) is 0.853. The predicted octanol–water partition coefficient (Wildman–Crippen LogP) is 3.23. The molecule has 0 bridgehead atoms. The lowest BCUT2D eigenvalue weighted by molar-refractivity contribution is -0.140. The third kappa shape index (κ3) is 3.92. The third-order valence-corrected chi connectivity index (χ3v) is 5.24. The van der Waals surface area contributed by atoms with E-state index in [4.69, 9.17) is 4.74 Å². The van der Waals surface area contributed by atoms with E-state index in [1.165, 1.54) is 24.8 Å². The summed E-state index contributed by atoms with van der Waals surface area (Å²) in [6.07, 6.45) is 5.75. The van der Waals surface area contributed by atoms with Gasteiger partial charge in [0.25, 0.3) is 0 Å². The molecular formula is C20H30N2O2. The van der Waals surface area contributed by atoms with Gasteiger partial charge in [-0.15, -0.1) is 0 Å². The number of fused-ring (bicyclic) bond motifs is 1. The van der Waals surface area contributed by atoms with Gasteiger partial charge in [-0.1, -0.05) is 37.0 Å². The Labute approximate surface area is 145 Å². The van der Waals surface area contributed by atoms with Gasteiger partial charge in [-0.25, -0.2) is 0 Å². The Balaban J connectivity index is 1.85. The SMILES string of the molecule is Cc1ccc2c(c1)CN(C(=O)C1CCCCC1)[C@@H](CN(C)C)CO2. The van der Waals surface area contributed by atoms with Gasteiger partial charge in [0, 0.05) is 24.6 Å². The fourth-order valence-corrected chi connectivity index (χ4v) is 3.98. The summed E-state index contributed by atoms with van der Waals surface area (Å²) in [5.41, 5.74) is 2.36. The van der Waals surface area contributed by atoms with Crippen molar-refractivity contribution in [3.05, 3.63) is 29.3 Å². The number of hydrogen-bond acceptors (Lipinski definition) is 3. The normalized spacial score (nSPS) is 22.0. The van der Waals surface area contributed by atoms with Crippen LogP contribution in [0.15, 0.2) is 18.2 Å². The van der Waals surface area contributed by atoms with Crippen LogP contribution in [0, 0.1) is 12.8 Å². The number of ether oxygens (including phenoxy) is 1. The molecule has 24 heavy (non-hydrogen) atoms. The Morgan fingerprint density at radius 1 is 1.25 bits per heavy atom. The Hall–Kier alpha value is -1.55. The van der Waals surface area contributed by atoms with Crippen molar-refractivity contribution in [2.24, 2.45) is 5.92 Å². The summed E-state index contributed by atoms with van der Waals surface area (Å²) in [5, 5.41) is 0. The summed E-state index contributed by atoms with van der Waals surface area (Å²) < 4.78 is 6.06. The van der Waals surface area contributed by atoms with Crippen LogP contribution in [0.25, 0.3) is 0 Å². The minimum atomic E-state index is 0.113. The molecule has 1 fully saturated rings. The predicted molar refractivity (Wildman–Crippen MR) is 96.1 cm³/mol. The molecule has 4 heteroatoms. The van der Waals surface area contributed by atoms with Gasteiger partial charge in [-0.3, -0.25) is 4.79 Å². The van der Waals surface area contributed by atoms with Gasteiger partial charge in [0.05, 0.1) is 6.04 Å². The topological polar surface area (TPSA) is 32.8 Å². The van der Waals surface area contributed by atoms with Gasteiger partial charge in [0.15, 0.2) is 0 Å². The number of carbonyl (C=O) groups excluding carboxylic acids is 1. The maximum atomic E-state index is 13.2. The van der Waals surface area contributed by atoms with E-state index in [1.54, 1.807) is 0 Å². The lowest BCUT2D eigenvalue weighted by Gasteiger charge is -2.35. The summed E-state index contributed by atoms with van der Waals surface area (Å²) in [6.45, 7) is 4.18. The molecular weight excluding hydrogens is 300 g/mol. The lowest BCUT2D eigenvalue weighted by Crippen LogP contribution is -2.49. The fourth-order valence-electron chi connectivity index (χ4n) is 3.98. The highest BCUT2D eigenvalue weighted by Gasteiger charge is 2.33. The second-order valence-electron chi connectivity index (χ2n) is 7.64. The van der Waals surface area contributed by atoms with Crippen molar-refractivity contribution in [1.82, 2.24) is 9.80 Å². The fraction of sp³-hybridized carbons (Fsp3) is 0.650. The number of amides is 1. The molecule has 1 aromatic carbocycles. The van der Waals surface area contributed by atoms with Crippen LogP contribution in [0.2, 0.25) is 0 Å². The Kier molecular flexibility index (Phi) is 5.44. The maximum absolute atomic E-state index is 13.2. The number of benzene rings is 1. The molecule has 3 rings (SSSR count). The minimum Gasteiger partial charge on any atom is -0.491 e. The second kappa shape index (κ2) is 7.56. The zero-order valence-electron chi connectivity index (χ0n) is 15.3. The third-order valence-electron chi connectivity index (χ3n) is 5.24. The molecule has 1 atom stereocenters. The number of nitrogens with zero attached hydrogens (tertiary/aromatic N) is 2. The highest BCUT2D eigenvalue weighted by atomic mass is 16.5. The molecule has 0 saturated heterocycles. The summed E-state index contributed by atoms with van der Waals surface area (Å²) in [7, 11) is 4.12. The van der Waals surface area contributed by atoms with Crippen molar-refractivity contribution in [1.29, 1.82) is 0 Å². The Bertz CT molecular complexity index is 579. The lowest BCUT2D eigenvalue weighted by atomic mass is 9.88. The van der Waals surface area contributed by atoms with Crippen molar-refractivity contribution in [2.45, 2.75) is 51.6 Å². The highest BCUT2D eigenvalue weighted by Crippen LogP contribution is 2.31. The van der Waals surface area contributed by atoms with Crippen LogP contribution in [0.5, 0.6) is 5.75 Å². The van der Waals surface area contributed by atoms with Crippen LogP contribution in [0.3, 0.4) is 0 Å². The number of carbonyl (C=O) groups is 1. The van der Waals surface area contributed by atoms with Crippen molar-refractivity contribution in [3.8, 4) is 5.75 Å². The van der Waals surface area contributed by atoms with Gasteiger partial charge in [0.2, 0.25) is 5.91 Å². The first-order valence-corrected chi connectivity index (χ1v) is 9.22. The second-order valence-corrected chi connectivity index (χ2v) is 7.64.